The van der Waals surface area contributed by atoms with Crippen LogP contribution in [0.25, 0.3) is 0 Å². The van der Waals surface area contributed by atoms with Crippen LogP contribution in [0.3, 0.4) is 0 Å². The molecular weight excluding hydrogens is 328 g/mol. The van der Waals surface area contributed by atoms with Crippen molar-refractivity contribution in [3.8, 4) is 5.75 Å². The molecule has 1 aromatic rings. The summed E-state index contributed by atoms with van der Waals surface area (Å²) < 4.78 is 11.4. The summed E-state index contributed by atoms with van der Waals surface area (Å²) in [6.45, 7) is 5.14. The maximum absolute atomic E-state index is 12.0. The maximum Gasteiger partial charge on any atom is 0.248 e. The van der Waals surface area contributed by atoms with E-state index >= 15 is 0 Å². The van der Waals surface area contributed by atoms with Gasteiger partial charge in [0.25, 0.3) is 0 Å². The second-order valence-electron chi connectivity index (χ2n) is 5.94. The van der Waals surface area contributed by atoms with Crippen LogP contribution in [0, 0.1) is 0 Å². The van der Waals surface area contributed by atoms with Crippen LogP contribution in [-0.4, -0.2) is 48.2 Å². The normalized spacial score (nSPS) is 20.6. The fourth-order valence-corrected chi connectivity index (χ4v) is 2.93. The second kappa shape index (κ2) is 8.94. The summed E-state index contributed by atoms with van der Waals surface area (Å²) in [7, 11) is 0. The molecule has 3 N–H and O–H groups in total. The molecule has 0 bridgehead atoms. The number of rotatable bonds is 7. The quantitative estimate of drug-likeness (QED) is 0.777. The zero-order chi connectivity index (χ0) is 17.5. The summed E-state index contributed by atoms with van der Waals surface area (Å²) in [5.74, 6) is 0.582. The van der Waals surface area contributed by atoms with Crippen molar-refractivity contribution in [3.63, 3.8) is 0 Å². The average molecular weight is 352 g/mol. The molecule has 1 fully saturated rings. The Bertz CT molecular complexity index is 562. The maximum atomic E-state index is 12.0. The lowest BCUT2D eigenvalue weighted by Gasteiger charge is -2.32. The third kappa shape index (κ3) is 5.72. The summed E-state index contributed by atoms with van der Waals surface area (Å²) in [6, 6.07) is 6.50. The summed E-state index contributed by atoms with van der Waals surface area (Å²) in [5.41, 5.74) is 5.66. The van der Waals surface area contributed by atoms with Gasteiger partial charge in [-0.25, -0.2) is 0 Å². The summed E-state index contributed by atoms with van der Waals surface area (Å²) >= 11 is 1.60. The smallest absolute Gasteiger partial charge is 0.248 e. The fraction of sp³-hybridized carbons (Fsp3) is 0.529. The number of thioether (sulfide) groups is 1. The lowest BCUT2D eigenvalue weighted by molar-refractivity contribution is -0.121. The minimum Gasteiger partial charge on any atom is -0.488 e. The van der Waals surface area contributed by atoms with Gasteiger partial charge in [-0.15, -0.1) is 11.8 Å². The van der Waals surface area contributed by atoms with Crippen LogP contribution in [0.4, 0.5) is 0 Å². The highest BCUT2D eigenvalue weighted by atomic mass is 32.2. The second-order valence-corrected chi connectivity index (χ2v) is 7.51. The Balaban J connectivity index is 1.93. The highest BCUT2D eigenvalue weighted by Gasteiger charge is 2.29. The van der Waals surface area contributed by atoms with Gasteiger partial charge in [0.15, 0.2) is 0 Å². The number of carbonyl (C=O) groups excluding carboxylic acids is 2. The Hall–Kier alpha value is -1.73. The molecule has 0 radical (unpaired) electrons. The number of hydrogen-bond acceptors (Lipinski definition) is 5. The van der Waals surface area contributed by atoms with Gasteiger partial charge < -0.3 is 20.5 Å². The van der Waals surface area contributed by atoms with Gasteiger partial charge in [0.1, 0.15) is 11.9 Å². The molecule has 1 aromatic carbocycles. The third-order valence-corrected chi connectivity index (χ3v) is 4.71. The number of ether oxygens (including phenoxy) is 2. The van der Waals surface area contributed by atoms with E-state index in [0.29, 0.717) is 42.0 Å². The first-order valence-corrected chi connectivity index (χ1v) is 9.06. The Morgan fingerprint density at radius 2 is 2.08 bits per heavy atom. The number of benzene rings is 1. The molecule has 6 nitrogen and oxygen atoms in total. The monoisotopic (exact) mass is 352 g/mol. The molecule has 0 spiro atoms. The molecule has 0 unspecified atom stereocenters. The van der Waals surface area contributed by atoms with Gasteiger partial charge in [0.05, 0.1) is 25.0 Å². The molecule has 2 atom stereocenters. The summed E-state index contributed by atoms with van der Waals surface area (Å²) in [4.78, 5) is 23.1. The van der Waals surface area contributed by atoms with Gasteiger partial charge >= 0.3 is 0 Å². The first-order chi connectivity index (χ1) is 11.5. The van der Waals surface area contributed by atoms with E-state index in [4.69, 9.17) is 15.2 Å². The minimum atomic E-state index is -0.472. The first-order valence-electron chi connectivity index (χ1n) is 8.01. The molecule has 0 aromatic heterocycles. The van der Waals surface area contributed by atoms with Crippen molar-refractivity contribution in [2.45, 2.75) is 37.7 Å². The lowest BCUT2D eigenvalue weighted by atomic mass is 10.1. The van der Waals surface area contributed by atoms with Crippen LogP contribution >= 0.6 is 11.8 Å². The molecule has 0 saturated carbocycles. The van der Waals surface area contributed by atoms with E-state index in [-0.39, 0.29) is 18.1 Å². The van der Waals surface area contributed by atoms with Crippen LogP contribution in [0.2, 0.25) is 0 Å². The van der Waals surface area contributed by atoms with Crippen LogP contribution < -0.4 is 15.8 Å². The lowest BCUT2D eigenvalue weighted by Crippen LogP contribution is -2.52. The van der Waals surface area contributed by atoms with Crippen LogP contribution in [0.15, 0.2) is 24.3 Å². The largest absolute Gasteiger partial charge is 0.488 e. The van der Waals surface area contributed by atoms with Gasteiger partial charge in [-0.1, -0.05) is 13.8 Å². The van der Waals surface area contributed by atoms with Crippen molar-refractivity contribution in [2.24, 2.45) is 5.73 Å². The van der Waals surface area contributed by atoms with Crippen molar-refractivity contribution in [1.82, 2.24) is 5.32 Å². The van der Waals surface area contributed by atoms with Crippen LogP contribution in [0.1, 0.15) is 30.6 Å². The molecule has 24 heavy (non-hydrogen) atoms. The standard InChI is InChI=1S/C17H24N2O4S/c1-11(2)24-10-16(20)19-14-9-22-8-7-15(14)23-13-5-3-12(4-6-13)17(18)21/h3-6,11,14-15H,7-10H2,1-2H3,(H2,18,21)(H,19,20)/t14-,15-/m1/s1. The number of nitrogens with one attached hydrogen (secondary N) is 1. The molecule has 1 aliphatic rings. The molecule has 7 heteroatoms. The Morgan fingerprint density at radius 1 is 1.38 bits per heavy atom. The van der Waals surface area contributed by atoms with E-state index in [1.54, 1.807) is 36.0 Å². The molecule has 1 saturated heterocycles. The molecule has 2 rings (SSSR count). The van der Waals surface area contributed by atoms with Crippen molar-refractivity contribution >= 4 is 23.6 Å². The predicted molar refractivity (Wildman–Crippen MR) is 94.3 cm³/mol. The molecule has 0 aliphatic carbocycles. The molecule has 1 heterocycles. The SMILES string of the molecule is CC(C)SCC(=O)N[C@@H]1COCC[C@H]1Oc1ccc(C(N)=O)cc1. The van der Waals surface area contributed by atoms with Gasteiger partial charge in [0.2, 0.25) is 11.8 Å². The highest BCUT2D eigenvalue weighted by Crippen LogP contribution is 2.19. The molecule has 2 amide bonds. The van der Waals surface area contributed by atoms with Crippen LogP contribution in [0.5, 0.6) is 5.75 Å². The van der Waals surface area contributed by atoms with Gasteiger partial charge in [-0.05, 0) is 29.5 Å². The van der Waals surface area contributed by atoms with Gasteiger partial charge in [-0.3, -0.25) is 9.59 Å². The Labute approximate surface area is 146 Å². The van der Waals surface area contributed by atoms with Crippen molar-refractivity contribution in [1.29, 1.82) is 0 Å². The van der Waals surface area contributed by atoms with E-state index in [0.717, 1.165) is 0 Å². The topological polar surface area (TPSA) is 90.7 Å². The first kappa shape index (κ1) is 18.6. The number of amides is 2. The molecule has 132 valence electrons. The van der Waals surface area contributed by atoms with E-state index in [9.17, 15) is 9.59 Å². The fourth-order valence-electron chi connectivity index (χ4n) is 2.36. The zero-order valence-corrected chi connectivity index (χ0v) is 14.8. The number of nitrogens with two attached hydrogens (primary N) is 1. The number of carbonyl (C=O) groups is 2. The number of hydrogen-bond donors (Lipinski definition) is 2. The minimum absolute atomic E-state index is 0.0122. The highest BCUT2D eigenvalue weighted by molar-refractivity contribution is 8.00. The van der Waals surface area contributed by atoms with Crippen LogP contribution in [-0.2, 0) is 9.53 Å². The van der Waals surface area contributed by atoms with Gasteiger partial charge in [-0.2, -0.15) is 0 Å². The van der Waals surface area contributed by atoms with E-state index in [1.165, 1.54) is 0 Å². The summed E-state index contributed by atoms with van der Waals surface area (Å²) in [5, 5.41) is 3.40. The summed E-state index contributed by atoms with van der Waals surface area (Å²) in [6.07, 6.45) is 0.533. The third-order valence-electron chi connectivity index (χ3n) is 3.61. The van der Waals surface area contributed by atoms with Crippen molar-refractivity contribution < 1.29 is 19.1 Å². The number of primary amides is 1. The van der Waals surface area contributed by atoms with Gasteiger partial charge in [0, 0.05) is 12.0 Å². The molecular formula is C17H24N2O4S. The predicted octanol–water partition coefficient (Wildman–Crippen LogP) is 1.58. The van der Waals surface area contributed by atoms with E-state index < -0.39 is 5.91 Å². The van der Waals surface area contributed by atoms with Crippen molar-refractivity contribution in [3.05, 3.63) is 29.8 Å². The van der Waals surface area contributed by atoms with E-state index in [2.05, 4.69) is 19.2 Å². The molecule has 1 aliphatic heterocycles. The average Bonchev–Trinajstić information content (AvgIpc) is 2.55. The van der Waals surface area contributed by atoms with Crippen molar-refractivity contribution in [2.75, 3.05) is 19.0 Å². The van der Waals surface area contributed by atoms with E-state index in [1.807, 2.05) is 0 Å². The Morgan fingerprint density at radius 3 is 2.71 bits per heavy atom. The Kier molecular flexibility index (Phi) is 6.93. The zero-order valence-electron chi connectivity index (χ0n) is 14.0.